The molecule has 0 unspecified atom stereocenters. The van der Waals surface area contributed by atoms with Crippen molar-refractivity contribution in [1.82, 2.24) is 0 Å². The van der Waals surface area contributed by atoms with Gasteiger partial charge in [0.25, 0.3) is 0 Å². The molecule has 0 saturated carbocycles. The molecule has 0 aliphatic heterocycles. The van der Waals surface area contributed by atoms with Crippen molar-refractivity contribution < 1.29 is 9.53 Å². The highest BCUT2D eigenvalue weighted by atomic mass is 16.5. The fourth-order valence-corrected chi connectivity index (χ4v) is 0.872. The Bertz CT molecular complexity index is 308. The van der Waals surface area contributed by atoms with Crippen LogP contribution in [0.4, 0.5) is 0 Å². The first-order valence-electron chi connectivity index (χ1n) is 4.14. The Morgan fingerprint density at radius 3 is 2.62 bits per heavy atom. The van der Waals surface area contributed by atoms with Gasteiger partial charge in [-0.2, -0.15) is 0 Å². The Hall–Kier alpha value is -1.35. The maximum Gasteiger partial charge on any atom is 0.328 e. The molecule has 3 nitrogen and oxygen atoms in total. The number of aryl methyl sites for hydroxylation is 1. The third-order valence-electron chi connectivity index (χ3n) is 1.68. The third kappa shape index (κ3) is 2.56. The molecule has 1 atom stereocenters. The van der Waals surface area contributed by atoms with Crippen LogP contribution in [0.15, 0.2) is 24.3 Å². The first kappa shape index (κ1) is 9.74. The van der Waals surface area contributed by atoms with Crippen LogP contribution in [-0.4, -0.2) is 12.0 Å². The van der Waals surface area contributed by atoms with Gasteiger partial charge in [-0.25, -0.2) is 4.79 Å². The highest BCUT2D eigenvalue weighted by Crippen LogP contribution is 2.16. The first-order chi connectivity index (χ1) is 6.11. The van der Waals surface area contributed by atoms with Crippen LogP contribution in [0.25, 0.3) is 0 Å². The van der Waals surface area contributed by atoms with Crippen molar-refractivity contribution in [2.45, 2.75) is 19.9 Å². The van der Waals surface area contributed by atoms with E-state index in [1.165, 1.54) is 0 Å². The normalized spacial score (nSPS) is 12.2. The molecule has 2 N–H and O–H groups in total. The van der Waals surface area contributed by atoms with Gasteiger partial charge < -0.3 is 10.5 Å². The number of esters is 1. The lowest BCUT2D eigenvalue weighted by molar-refractivity contribution is -0.135. The van der Waals surface area contributed by atoms with E-state index >= 15 is 0 Å². The first-order valence-corrected chi connectivity index (χ1v) is 4.14. The van der Waals surface area contributed by atoms with Gasteiger partial charge in [0, 0.05) is 0 Å². The second-order valence-corrected chi connectivity index (χ2v) is 2.98. The molecule has 1 rings (SSSR count). The summed E-state index contributed by atoms with van der Waals surface area (Å²) in [6, 6.07) is 6.74. The second kappa shape index (κ2) is 4.05. The Morgan fingerprint density at radius 2 is 2.08 bits per heavy atom. The van der Waals surface area contributed by atoms with E-state index in [0.29, 0.717) is 5.75 Å². The molecule has 0 aromatic heterocycles. The van der Waals surface area contributed by atoms with Crippen LogP contribution in [0.2, 0.25) is 0 Å². The average Bonchev–Trinajstić information content (AvgIpc) is 2.08. The predicted molar refractivity (Wildman–Crippen MR) is 50.5 cm³/mol. The zero-order chi connectivity index (χ0) is 9.84. The molecule has 0 heterocycles. The molecule has 0 aliphatic carbocycles. The number of carbonyl (C=O) groups is 1. The maximum atomic E-state index is 11.1. The van der Waals surface area contributed by atoms with E-state index in [9.17, 15) is 4.79 Å². The van der Waals surface area contributed by atoms with Gasteiger partial charge in [-0.05, 0) is 25.5 Å². The number of para-hydroxylation sites is 1. The molecule has 0 amide bonds. The topological polar surface area (TPSA) is 52.3 Å². The minimum atomic E-state index is -0.584. The number of benzene rings is 1. The highest BCUT2D eigenvalue weighted by molar-refractivity contribution is 5.77. The lowest BCUT2D eigenvalue weighted by Crippen LogP contribution is -2.31. The summed E-state index contributed by atoms with van der Waals surface area (Å²) in [6.45, 7) is 3.48. The number of rotatable bonds is 2. The van der Waals surface area contributed by atoms with Crippen molar-refractivity contribution >= 4 is 5.97 Å². The molecular formula is C10H13NO2. The zero-order valence-corrected chi connectivity index (χ0v) is 7.78. The molecule has 3 heteroatoms. The Balaban J connectivity index is 2.75. The summed E-state index contributed by atoms with van der Waals surface area (Å²) < 4.78 is 5.04. The van der Waals surface area contributed by atoms with Gasteiger partial charge >= 0.3 is 5.97 Å². The molecule has 0 radical (unpaired) electrons. The fourth-order valence-electron chi connectivity index (χ4n) is 0.872. The van der Waals surface area contributed by atoms with Crippen LogP contribution in [0.3, 0.4) is 0 Å². The molecule has 0 bridgehead atoms. The molecule has 13 heavy (non-hydrogen) atoms. The monoisotopic (exact) mass is 179 g/mol. The van der Waals surface area contributed by atoms with Gasteiger partial charge in [-0.3, -0.25) is 0 Å². The van der Waals surface area contributed by atoms with E-state index < -0.39 is 12.0 Å². The van der Waals surface area contributed by atoms with Crippen LogP contribution in [0.1, 0.15) is 12.5 Å². The molecule has 0 saturated heterocycles. The molecule has 1 aromatic rings. The van der Waals surface area contributed by atoms with Crippen LogP contribution in [-0.2, 0) is 4.79 Å². The van der Waals surface area contributed by atoms with Crippen LogP contribution < -0.4 is 10.5 Å². The van der Waals surface area contributed by atoms with Gasteiger partial charge in [0.1, 0.15) is 11.8 Å². The van der Waals surface area contributed by atoms with Crippen molar-refractivity contribution in [2.75, 3.05) is 0 Å². The van der Waals surface area contributed by atoms with Gasteiger partial charge in [-0.1, -0.05) is 18.2 Å². The second-order valence-electron chi connectivity index (χ2n) is 2.98. The Labute approximate surface area is 77.5 Å². The quantitative estimate of drug-likeness (QED) is 0.549. The molecule has 0 aliphatic rings. The lowest BCUT2D eigenvalue weighted by Gasteiger charge is -2.08. The summed E-state index contributed by atoms with van der Waals surface area (Å²) in [4.78, 5) is 11.1. The Kier molecular flexibility index (Phi) is 3.03. The maximum absolute atomic E-state index is 11.1. The summed E-state index contributed by atoms with van der Waals surface area (Å²) in [5.41, 5.74) is 6.29. The number of carbonyl (C=O) groups excluding carboxylic acids is 1. The minimum Gasteiger partial charge on any atom is -0.425 e. The van der Waals surface area contributed by atoms with E-state index in [0.717, 1.165) is 5.56 Å². The summed E-state index contributed by atoms with van der Waals surface area (Å²) in [6.07, 6.45) is 0. The van der Waals surface area contributed by atoms with Crippen molar-refractivity contribution in [3.05, 3.63) is 29.8 Å². The lowest BCUT2D eigenvalue weighted by atomic mass is 10.2. The average molecular weight is 179 g/mol. The van der Waals surface area contributed by atoms with Crippen molar-refractivity contribution in [2.24, 2.45) is 5.73 Å². The van der Waals surface area contributed by atoms with Gasteiger partial charge in [0.15, 0.2) is 0 Å². The minimum absolute atomic E-state index is 0.408. The molecular weight excluding hydrogens is 166 g/mol. The van der Waals surface area contributed by atoms with E-state index in [-0.39, 0.29) is 0 Å². The van der Waals surface area contributed by atoms with Crippen molar-refractivity contribution in [3.8, 4) is 5.75 Å². The fraction of sp³-hybridized carbons (Fsp3) is 0.300. The van der Waals surface area contributed by atoms with Gasteiger partial charge in [0.05, 0.1) is 0 Å². The van der Waals surface area contributed by atoms with Crippen molar-refractivity contribution in [1.29, 1.82) is 0 Å². The molecule has 1 aromatic carbocycles. The number of hydrogen-bond donors (Lipinski definition) is 1. The number of ether oxygens (including phenoxy) is 1. The van der Waals surface area contributed by atoms with Crippen LogP contribution in [0, 0.1) is 6.92 Å². The molecule has 0 spiro atoms. The summed E-state index contributed by atoms with van der Waals surface area (Å²) in [5.74, 6) is 0.166. The number of nitrogens with two attached hydrogens (primary N) is 1. The van der Waals surface area contributed by atoms with Crippen LogP contribution >= 0.6 is 0 Å². The van der Waals surface area contributed by atoms with E-state index in [1.807, 2.05) is 25.1 Å². The highest BCUT2D eigenvalue weighted by Gasteiger charge is 2.10. The van der Waals surface area contributed by atoms with Gasteiger partial charge in [-0.15, -0.1) is 0 Å². The summed E-state index contributed by atoms with van der Waals surface area (Å²) in [5, 5.41) is 0. The standard InChI is InChI=1S/C10H13NO2/c1-7-5-3-4-6-9(7)13-10(12)8(2)11/h3-6,8H,11H2,1-2H3/t8-/m0/s1. The van der Waals surface area contributed by atoms with E-state index in [1.54, 1.807) is 13.0 Å². The van der Waals surface area contributed by atoms with Gasteiger partial charge in [0.2, 0.25) is 0 Å². The van der Waals surface area contributed by atoms with E-state index in [4.69, 9.17) is 10.5 Å². The largest absolute Gasteiger partial charge is 0.425 e. The number of hydrogen-bond acceptors (Lipinski definition) is 3. The smallest absolute Gasteiger partial charge is 0.328 e. The molecule has 0 fully saturated rings. The van der Waals surface area contributed by atoms with E-state index in [2.05, 4.69) is 0 Å². The molecule has 70 valence electrons. The summed E-state index contributed by atoms with van der Waals surface area (Å²) in [7, 11) is 0. The third-order valence-corrected chi connectivity index (χ3v) is 1.68. The zero-order valence-electron chi connectivity index (χ0n) is 7.78. The van der Waals surface area contributed by atoms with Crippen LogP contribution in [0.5, 0.6) is 5.75 Å². The Morgan fingerprint density at radius 1 is 1.46 bits per heavy atom. The predicted octanol–water partition coefficient (Wildman–Crippen LogP) is 1.25. The summed E-state index contributed by atoms with van der Waals surface area (Å²) >= 11 is 0. The van der Waals surface area contributed by atoms with Crippen molar-refractivity contribution in [3.63, 3.8) is 0 Å². The SMILES string of the molecule is Cc1ccccc1OC(=O)[C@H](C)N.